The summed E-state index contributed by atoms with van der Waals surface area (Å²) in [4.78, 5) is 0.757. The van der Waals surface area contributed by atoms with Crippen LogP contribution in [0.1, 0.15) is 0 Å². The lowest BCUT2D eigenvalue weighted by Gasteiger charge is -2.17. The predicted octanol–water partition coefficient (Wildman–Crippen LogP) is 3.57. The van der Waals surface area contributed by atoms with E-state index in [1.807, 2.05) is 0 Å². The highest BCUT2D eigenvalue weighted by Crippen LogP contribution is 2.31. The van der Waals surface area contributed by atoms with Crippen LogP contribution in [0.15, 0.2) is 29.2 Å². The van der Waals surface area contributed by atoms with Gasteiger partial charge >= 0.3 is 6.18 Å². The number of rotatable bonds is 4. The first-order valence-electron chi connectivity index (χ1n) is 4.58. The molecule has 0 amide bonds. The quantitative estimate of drug-likeness (QED) is 0.846. The first-order valence-corrected chi connectivity index (χ1v) is 5.95. The molecule has 0 heterocycles. The molecule has 0 aliphatic rings. The molecule has 0 radical (unpaired) electrons. The second-order valence-corrected chi connectivity index (χ2v) is 4.77. The minimum atomic E-state index is -4.23. The summed E-state index contributed by atoms with van der Waals surface area (Å²) in [6.45, 7) is -0.385. The monoisotopic (exact) mass is 269 g/mol. The fourth-order valence-electron chi connectivity index (χ4n) is 1.02. The van der Waals surface area contributed by atoms with E-state index in [9.17, 15) is 13.2 Å². The highest BCUT2D eigenvalue weighted by molar-refractivity contribution is 7.99. The summed E-state index contributed by atoms with van der Waals surface area (Å²) in [6.07, 6.45) is -4.23. The fraction of sp³-hybridized carbons (Fsp3) is 0.400. The normalized spacial score (nSPS) is 13.8. The van der Waals surface area contributed by atoms with Gasteiger partial charge in [-0.1, -0.05) is 11.6 Å². The van der Waals surface area contributed by atoms with Gasteiger partial charge in [0.15, 0.2) is 0 Å². The molecule has 6 heteroatoms. The number of hydrogen-bond donors (Lipinski definition) is 1. The van der Waals surface area contributed by atoms with E-state index in [2.05, 4.69) is 0 Å². The van der Waals surface area contributed by atoms with Crippen molar-refractivity contribution in [3.8, 4) is 0 Å². The summed E-state index contributed by atoms with van der Waals surface area (Å²) < 4.78 is 37.1. The third-order valence-electron chi connectivity index (χ3n) is 2.01. The minimum absolute atomic E-state index is 0.0678. The van der Waals surface area contributed by atoms with Gasteiger partial charge in [0, 0.05) is 22.2 Å². The zero-order chi connectivity index (χ0) is 12.2. The maximum atomic E-state index is 12.4. The summed E-state index contributed by atoms with van der Waals surface area (Å²) in [7, 11) is 0. The molecule has 2 N–H and O–H groups in total. The average molecular weight is 270 g/mol. The van der Waals surface area contributed by atoms with Gasteiger partial charge in [-0.15, -0.1) is 11.8 Å². The standard InChI is InChI=1S/C10H11ClF3NS/c11-8-1-3-9(4-2-8)16-6-7(5-15)10(12,13)14/h1-4,7H,5-6,15H2. The first-order chi connectivity index (χ1) is 7.43. The molecular formula is C10H11ClF3NS. The van der Waals surface area contributed by atoms with E-state index in [-0.39, 0.29) is 12.3 Å². The second-order valence-electron chi connectivity index (χ2n) is 3.24. The molecule has 1 rings (SSSR count). The smallest absolute Gasteiger partial charge is 0.330 e. The average Bonchev–Trinajstić information content (AvgIpc) is 2.19. The van der Waals surface area contributed by atoms with Gasteiger partial charge in [-0.05, 0) is 24.3 Å². The summed E-state index contributed by atoms with van der Waals surface area (Å²) in [5, 5.41) is 0.565. The second kappa shape index (κ2) is 5.80. The Labute approximate surface area is 101 Å². The van der Waals surface area contributed by atoms with E-state index >= 15 is 0 Å². The van der Waals surface area contributed by atoms with Crippen LogP contribution in [0.4, 0.5) is 13.2 Å². The molecule has 1 unspecified atom stereocenters. The van der Waals surface area contributed by atoms with Crippen LogP contribution in [0.2, 0.25) is 5.02 Å². The van der Waals surface area contributed by atoms with E-state index in [0.29, 0.717) is 5.02 Å². The van der Waals surface area contributed by atoms with Crippen molar-refractivity contribution in [2.45, 2.75) is 11.1 Å². The van der Waals surface area contributed by atoms with Crippen molar-refractivity contribution in [2.75, 3.05) is 12.3 Å². The Morgan fingerprint density at radius 1 is 1.25 bits per heavy atom. The van der Waals surface area contributed by atoms with Crippen LogP contribution in [-0.2, 0) is 0 Å². The van der Waals surface area contributed by atoms with Crippen LogP contribution < -0.4 is 5.73 Å². The maximum absolute atomic E-state index is 12.4. The van der Waals surface area contributed by atoms with Crippen molar-refractivity contribution in [3.63, 3.8) is 0 Å². The van der Waals surface area contributed by atoms with Crippen LogP contribution in [0.5, 0.6) is 0 Å². The molecular weight excluding hydrogens is 259 g/mol. The number of thioether (sulfide) groups is 1. The summed E-state index contributed by atoms with van der Waals surface area (Å²) >= 11 is 6.80. The van der Waals surface area contributed by atoms with Gasteiger partial charge < -0.3 is 5.73 Å². The molecule has 16 heavy (non-hydrogen) atoms. The molecule has 0 aliphatic carbocycles. The van der Waals surface area contributed by atoms with Gasteiger partial charge in [0.1, 0.15) is 0 Å². The number of alkyl halides is 3. The Bertz CT molecular complexity index is 326. The summed E-state index contributed by atoms with van der Waals surface area (Å²) in [5.74, 6) is -1.53. The summed E-state index contributed by atoms with van der Waals surface area (Å²) in [5.41, 5.74) is 5.09. The molecule has 0 saturated carbocycles. The molecule has 1 nitrogen and oxygen atoms in total. The summed E-state index contributed by atoms with van der Waals surface area (Å²) in [6, 6.07) is 6.68. The van der Waals surface area contributed by atoms with E-state index in [1.165, 1.54) is 0 Å². The zero-order valence-electron chi connectivity index (χ0n) is 8.30. The fourth-order valence-corrected chi connectivity index (χ4v) is 2.20. The van der Waals surface area contributed by atoms with Gasteiger partial charge in [-0.2, -0.15) is 13.2 Å². The van der Waals surface area contributed by atoms with Gasteiger partial charge in [-0.25, -0.2) is 0 Å². The SMILES string of the molecule is NCC(CSc1ccc(Cl)cc1)C(F)(F)F. The lowest BCUT2D eigenvalue weighted by atomic mass is 10.2. The van der Waals surface area contributed by atoms with Crippen molar-refractivity contribution in [3.05, 3.63) is 29.3 Å². The molecule has 0 spiro atoms. The first kappa shape index (κ1) is 13.7. The molecule has 90 valence electrons. The molecule has 0 aliphatic heterocycles. The Kier molecular flexibility index (Phi) is 4.95. The molecule has 1 atom stereocenters. The lowest BCUT2D eigenvalue weighted by molar-refractivity contribution is -0.165. The van der Waals surface area contributed by atoms with Crippen molar-refractivity contribution in [1.82, 2.24) is 0 Å². The van der Waals surface area contributed by atoms with Crippen molar-refractivity contribution >= 4 is 23.4 Å². The third kappa shape index (κ3) is 4.23. The number of hydrogen-bond acceptors (Lipinski definition) is 2. The predicted molar refractivity (Wildman–Crippen MR) is 60.8 cm³/mol. The maximum Gasteiger partial charge on any atom is 0.393 e. The zero-order valence-corrected chi connectivity index (χ0v) is 9.87. The van der Waals surface area contributed by atoms with E-state index < -0.39 is 12.1 Å². The molecule has 0 aromatic heterocycles. The Morgan fingerprint density at radius 3 is 2.25 bits per heavy atom. The number of nitrogens with two attached hydrogens (primary N) is 1. The highest BCUT2D eigenvalue weighted by atomic mass is 35.5. The largest absolute Gasteiger partial charge is 0.393 e. The van der Waals surface area contributed by atoms with Crippen LogP contribution in [0.3, 0.4) is 0 Å². The van der Waals surface area contributed by atoms with Gasteiger partial charge in [0.25, 0.3) is 0 Å². The van der Waals surface area contributed by atoms with Gasteiger partial charge in [0.05, 0.1) is 5.92 Å². The Morgan fingerprint density at radius 2 is 1.81 bits per heavy atom. The number of halogens is 4. The van der Waals surface area contributed by atoms with Crippen molar-refractivity contribution < 1.29 is 13.2 Å². The molecule has 0 fully saturated rings. The molecule has 0 bridgehead atoms. The highest BCUT2D eigenvalue weighted by Gasteiger charge is 2.38. The van der Waals surface area contributed by atoms with E-state index in [0.717, 1.165) is 16.7 Å². The molecule has 1 aromatic carbocycles. The number of benzene rings is 1. The lowest BCUT2D eigenvalue weighted by Crippen LogP contribution is -2.32. The van der Waals surface area contributed by atoms with E-state index in [1.54, 1.807) is 24.3 Å². The molecule has 1 aromatic rings. The van der Waals surface area contributed by atoms with Gasteiger partial charge in [-0.3, -0.25) is 0 Å². The van der Waals surface area contributed by atoms with Gasteiger partial charge in [0.2, 0.25) is 0 Å². The van der Waals surface area contributed by atoms with Crippen LogP contribution >= 0.6 is 23.4 Å². The van der Waals surface area contributed by atoms with Crippen LogP contribution in [-0.4, -0.2) is 18.5 Å². The van der Waals surface area contributed by atoms with Crippen molar-refractivity contribution in [1.29, 1.82) is 0 Å². The third-order valence-corrected chi connectivity index (χ3v) is 3.44. The Balaban J connectivity index is 2.53. The topological polar surface area (TPSA) is 26.0 Å². The van der Waals surface area contributed by atoms with Crippen molar-refractivity contribution in [2.24, 2.45) is 11.7 Å². The Hall–Kier alpha value is -0.390. The molecule has 0 saturated heterocycles. The van der Waals surface area contributed by atoms with E-state index in [4.69, 9.17) is 17.3 Å². The van der Waals surface area contributed by atoms with Crippen LogP contribution in [0.25, 0.3) is 0 Å². The minimum Gasteiger partial charge on any atom is -0.330 e. The van der Waals surface area contributed by atoms with Crippen LogP contribution in [0, 0.1) is 5.92 Å².